The summed E-state index contributed by atoms with van der Waals surface area (Å²) in [5, 5.41) is 13.6. The van der Waals surface area contributed by atoms with E-state index in [9.17, 15) is 14.7 Å². The van der Waals surface area contributed by atoms with E-state index in [-0.39, 0.29) is 18.1 Å². The maximum absolute atomic E-state index is 12.3. The summed E-state index contributed by atoms with van der Waals surface area (Å²) >= 11 is 0. The van der Waals surface area contributed by atoms with Crippen LogP contribution in [0.1, 0.15) is 39.4 Å². The fourth-order valence-electron chi connectivity index (χ4n) is 4.64. The molecule has 5 rings (SSSR count). The largest absolute Gasteiger partial charge is 0.478 e. The van der Waals surface area contributed by atoms with Gasteiger partial charge in [-0.2, -0.15) is 0 Å². The van der Waals surface area contributed by atoms with Crippen LogP contribution in [0.3, 0.4) is 0 Å². The van der Waals surface area contributed by atoms with Crippen LogP contribution in [0.15, 0.2) is 84.9 Å². The van der Waals surface area contributed by atoms with Crippen LogP contribution in [0.5, 0.6) is 0 Å². The first-order valence-electron chi connectivity index (χ1n) is 11.5. The van der Waals surface area contributed by atoms with Gasteiger partial charge in [-0.3, -0.25) is 0 Å². The van der Waals surface area contributed by atoms with Crippen molar-refractivity contribution in [3.8, 4) is 23.0 Å². The van der Waals surface area contributed by atoms with Crippen molar-refractivity contribution in [3.63, 3.8) is 0 Å². The lowest BCUT2D eigenvalue weighted by Crippen LogP contribution is -2.26. The Kier molecular flexibility index (Phi) is 6.19. The summed E-state index contributed by atoms with van der Waals surface area (Å²) < 4.78 is 5.54. The van der Waals surface area contributed by atoms with Gasteiger partial charge in [0.2, 0.25) is 0 Å². The third-order valence-electron chi connectivity index (χ3n) is 6.24. The summed E-state index contributed by atoms with van der Waals surface area (Å²) in [4.78, 5) is 23.8. The number of aromatic carboxylic acids is 1. The van der Waals surface area contributed by atoms with Gasteiger partial charge in [-0.1, -0.05) is 84.6 Å². The Morgan fingerprint density at radius 1 is 0.829 bits per heavy atom. The second-order valence-electron chi connectivity index (χ2n) is 8.32. The van der Waals surface area contributed by atoms with Crippen molar-refractivity contribution >= 4 is 22.8 Å². The van der Waals surface area contributed by atoms with Gasteiger partial charge in [-0.15, -0.1) is 0 Å². The van der Waals surface area contributed by atoms with Crippen LogP contribution in [-0.2, 0) is 4.74 Å². The maximum atomic E-state index is 12.3. The molecule has 0 radical (unpaired) electrons. The minimum absolute atomic E-state index is 0.0231. The fraction of sp³-hybridized carbons (Fsp3) is 0.133. The third-order valence-corrected chi connectivity index (χ3v) is 6.24. The molecule has 0 atom stereocenters. The predicted octanol–water partition coefficient (Wildman–Crippen LogP) is 5.82. The van der Waals surface area contributed by atoms with Crippen molar-refractivity contribution in [2.24, 2.45) is 0 Å². The lowest BCUT2D eigenvalue weighted by molar-refractivity contribution is 0.0699. The maximum Gasteiger partial charge on any atom is 0.407 e. The number of hydrogen-bond donors (Lipinski definition) is 2. The highest BCUT2D eigenvalue weighted by molar-refractivity contribution is 6.05. The molecule has 0 heterocycles. The molecule has 0 aromatic heterocycles. The molecular formula is C30H23NO4. The van der Waals surface area contributed by atoms with Gasteiger partial charge in [-0.05, 0) is 45.2 Å². The zero-order valence-electron chi connectivity index (χ0n) is 19.0. The summed E-state index contributed by atoms with van der Waals surface area (Å²) in [6, 6.07) is 27.0. The van der Waals surface area contributed by atoms with Crippen LogP contribution in [0.2, 0.25) is 0 Å². The van der Waals surface area contributed by atoms with E-state index >= 15 is 0 Å². The first-order valence-corrected chi connectivity index (χ1v) is 11.5. The zero-order valence-corrected chi connectivity index (χ0v) is 19.0. The molecule has 0 aliphatic heterocycles. The second kappa shape index (κ2) is 9.74. The highest BCUT2D eigenvalue weighted by atomic mass is 16.5. The minimum atomic E-state index is -0.965. The van der Waals surface area contributed by atoms with Crippen LogP contribution in [0, 0.1) is 11.8 Å². The molecule has 5 nitrogen and oxygen atoms in total. The molecule has 1 aliphatic carbocycles. The topological polar surface area (TPSA) is 75.6 Å². The van der Waals surface area contributed by atoms with Gasteiger partial charge < -0.3 is 15.2 Å². The quantitative estimate of drug-likeness (QED) is 0.290. The van der Waals surface area contributed by atoms with E-state index in [1.807, 2.05) is 36.4 Å². The molecule has 4 aromatic rings. The van der Waals surface area contributed by atoms with Crippen molar-refractivity contribution < 1.29 is 19.4 Å². The molecular weight excluding hydrogens is 438 g/mol. The Hall–Kier alpha value is -4.56. The van der Waals surface area contributed by atoms with Crippen LogP contribution in [0.25, 0.3) is 21.9 Å². The lowest BCUT2D eigenvalue weighted by atomic mass is 9.98. The summed E-state index contributed by atoms with van der Waals surface area (Å²) in [5.74, 6) is 5.20. The monoisotopic (exact) mass is 461 g/mol. The number of carbonyl (C=O) groups excluding carboxylic acids is 1. The zero-order chi connectivity index (χ0) is 24.2. The van der Waals surface area contributed by atoms with Crippen LogP contribution in [0.4, 0.5) is 4.79 Å². The van der Waals surface area contributed by atoms with Crippen molar-refractivity contribution in [1.82, 2.24) is 5.32 Å². The number of rotatable bonds is 5. The standard InChI is InChI=1S/C30H23NO4/c32-29(33)27-17-8-15-21-20(10-7-16-22(21)27)9-5-6-18-31-30(34)35-19-28-25-13-3-1-11-23(25)24-12-2-4-14-26(24)28/h1-4,7-8,10-17,28H,6,18-19H2,(H,31,34)(H,32,33). The van der Waals surface area contributed by atoms with Gasteiger partial charge in [0.1, 0.15) is 6.61 Å². The van der Waals surface area contributed by atoms with E-state index in [0.717, 1.165) is 10.9 Å². The van der Waals surface area contributed by atoms with Gasteiger partial charge in [0, 0.05) is 24.4 Å². The predicted molar refractivity (Wildman–Crippen MR) is 135 cm³/mol. The number of carboxylic acid groups (broad SMARTS) is 1. The number of carboxylic acids is 1. The summed E-state index contributed by atoms with van der Waals surface area (Å²) in [7, 11) is 0. The van der Waals surface area contributed by atoms with Crippen molar-refractivity contribution in [2.45, 2.75) is 12.3 Å². The van der Waals surface area contributed by atoms with Crippen molar-refractivity contribution in [2.75, 3.05) is 13.2 Å². The molecule has 0 unspecified atom stereocenters. The number of nitrogens with one attached hydrogen (secondary N) is 1. The average molecular weight is 462 g/mol. The third kappa shape index (κ3) is 4.47. The highest BCUT2D eigenvalue weighted by Crippen LogP contribution is 2.44. The van der Waals surface area contributed by atoms with Crippen LogP contribution < -0.4 is 5.32 Å². The molecule has 4 aromatic carbocycles. The first-order chi connectivity index (χ1) is 17.1. The fourth-order valence-corrected chi connectivity index (χ4v) is 4.64. The van der Waals surface area contributed by atoms with Gasteiger partial charge in [0.05, 0.1) is 5.56 Å². The summed E-state index contributed by atoms with van der Waals surface area (Å²) in [5.41, 5.74) is 5.74. The molecule has 35 heavy (non-hydrogen) atoms. The van der Waals surface area contributed by atoms with Gasteiger partial charge in [0.25, 0.3) is 0 Å². The molecule has 0 spiro atoms. The number of alkyl carbamates (subject to hydrolysis) is 1. The van der Waals surface area contributed by atoms with E-state index in [1.54, 1.807) is 24.3 Å². The number of carbonyl (C=O) groups is 2. The van der Waals surface area contributed by atoms with Crippen molar-refractivity contribution in [3.05, 3.63) is 107 Å². The van der Waals surface area contributed by atoms with Gasteiger partial charge in [-0.25, -0.2) is 9.59 Å². The number of fused-ring (bicyclic) bond motifs is 4. The lowest BCUT2D eigenvalue weighted by Gasteiger charge is -2.14. The van der Waals surface area contributed by atoms with Crippen molar-refractivity contribution in [1.29, 1.82) is 0 Å². The molecule has 0 fully saturated rings. The smallest absolute Gasteiger partial charge is 0.407 e. The van der Waals surface area contributed by atoms with E-state index in [4.69, 9.17) is 4.74 Å². The first kappa shape index (κ1) is 22.2. The van der Waals surface area contributed by atoms with Gasteiger partial charge >= 0.3 is 12.1 Å². The Balaban J connectivity index is 1.17. The molecule has 0 saturated heterocycles. The molecule has 5 heteroatoms. The summed E-state index contributed by atoms with van der Waals surface area (Å²) in [6.45, 7) is 0.627. The Morgan fingerprint density at radius 3 is 2.20 bits per heavy atom. The van der Waals surface area contributed by atoms with Gasteiger partial charge in [0.15, 0.2) is 0 Å². The summed E-state index contributed by atoms with van der Waals surface area (Å²) in [6.07, 6.45) is -0.0240. The van der Waals surface area contributed by atoms with E-state index < -0.39 is 12.1 Å². The van der Waals surface area contributed by atoms with Crippen LogP contribution in [-0.4, -0.2) is 30.3 Å². The average Bonchev–Trinajstić information content (AvgIpc) is 3.20. The molecule has 1 aliphatic rings. The normalized spacial score (nSPS) is 11.8. The van der Waals surface area contributed by atoms with Crippen LogP contribution >= 0.6 is 0 Å². The van der Waals surface area contributed by atoms with E-state index in [1.165, 1.54) is 22.3 Å². The molecule has 0 bridgehead atoms. The second-order valence-corrected chi connectivity index (χ2v) is 8.32. The number of benzene rings is 4. The molecule has 0 saturated carbocycles. The Labute approximate surface area is 203 Å². The van der Waals surface area contributed by atoms with E-state index in [0.29, 0.717) is 18.4 Å². The SMILES string of the molecule is O=C(NCCC#Cc1cccc2c(C(=O)O)cccc12)OCC1c2ccccc2-c2ccccc21. The Morgan fingerprint density at radius 2 is 1.49 bits per heavy atom. The Bertz CT molecular complexity index is 1450. The number of ether oxygens (including phenoxy) is 1. The number of hydrogen-bond acceptors (Lipinski definition) is 3. The highest BCUT2D eigenvalue weighted by Gasteiger charge is 2.28. The molecule has 172 valence electrons. The molecule has 1 amide bonds. The molecule has 2 N–H and O–H groups in total. The van der Waals surface area contributed by atoms with E-state index in [2.05, 4.69) is 41.4 Å². The number of amides is 1. The minimum Gasteiger partial charge on any atom is -0.478 e.